The number of hydrogen-bond acceptors (Lipinski definition) is 4. The Morgan fingerprint density at radius 2 is 1.92 bits per heavy atom. The molecule has 3 rings (SSSR count). The molecule has 0 radical (unpaired) electrons. The molecule has 1 unspecified atom stereocenters. The first-order valence-corrected chi connectivity index (χ1v) is 9.34. The molecule has 1 atom stereocenters. The molecule has 0 aliphatic carbocycles. The fraction of sp³-hybridized carbons (Fsp3) is 0.500. The van der Waals surface area contributed by atoms with Crippen LogP contribution in [0.4, 0.5) is 0 Å². The number of carboxylic acid groups (broad SMARTS) is 1. The molecule has 1 aromatic carbocycles. The summed E-state index contributed by atoms with van der Waals surface area (Å²) >= 11 is 1.56. The summed E-state index contributed by atoms with van der Waals surface area (Å²) in [5.74, 6) is -1.30. The van der Waals surface area contributed by atoms with Crippen LogP contribution in [0.3, 0.4) is 0 Å². The van der Waals surface area contributed by atoms with Gasteiger partial charge in [0.2, 0.25) is 11.8 Å². The van der Waals surface area contributed by atoms with E-state index >= 15 is 0 Å². The van der Waals surface area contributed by atoms with Crippen LogP contribution in [0.15, 0.2) is 29.2 Å². The molecule has 1 aromatic rings. The zero-order valence-electron chi connectivity index (χ0n) is 14.2. The Morgan fingerprint density at radius 3 is 2.56 bits per heavy atom. The molecule has 7 heteroatoms. The molecule has 0 saturated carbocycles. The van der Waals surface area contributed by atoms with Crippen molar-refractivity contribution in [1.82, 2.24) is 9.80 Å². The van der Waals surface area contributed by atoms with Crippen LogP contribution >= 0.6 is 11.8 Å². The van der Waals surface area contributed by atoms with E-state index < -0.39 is 5.97 Å². The summed E-state index contributed by atoms with van der Waals surface area (Å²) in [7, 11) is 1.66. The number of carboxylic acids is 1. The van der Waals surface area contributed by atoms with Gasteiger partial charge in [-0.05, 0) is 30.9 Å². The molecule has 2 amide bonds. The molecular formula is C18H22N2O4S. The van der Waals surface area contributed by atoms with Crippen molar-refractivity contribution in [2.45, 2.75) is 29.4 Å². The molecule has 0 spiro atoms. The van der Waals surface area contributed by atoms with Crippen molar-refractivity contribution in [2.75, 3.05) is 26.7 Å². The van der Waals surface area contributed by atoms with Gasteiger partial charge in [0.15, 0.2) is 0 Å². The van der Waals surface area contributed by atoms with Gasteiger partial charge < -0.3 is 14.9 Å². The number of amides is 2. The van der Waals surface area contributed by atoms with E-state index in [1.807, 2.05) is 24.3 Å². The molecule has 6 nitrogen and oxygen atoms in total. The number of rotatable bonds is 4. The maximum atomic E-state index is 12.6. The van der Waals surface area contributed by atoms with Crippen LogP contribution < -0.4 is 0 Å². The highest BCUT2D eigenvalue weighted by atomic mass is 32.2. The third-order valence-electron chi connectivity index (χ3n) is 4.87. The Morgan fingerprint density at radius 1 is 1.24 bits per heavy atom. The molecule has 2 aliphatic rings. The van der Waals surface area contributed by atoms with Gasteiger partial charge in [-0.25, -0.2) is 0 Å². The van der Waals surface area contributed by atoms with Crippen LogP contribution in [0.25, 0.3) is 0 Å². The summed E-state index contributed by atoms with van der Waals surface area (Å²) in [6.07, 6.45) is 1.65. The lowest BCUT2D eigenvalue weighted by molar-refractivity contribution is -0.146. The molecule has 0 aromatic heterocycles. The third kappa shape index (κ3) is 3.98. The highest BCUT2D eigenvalue weighted by Crippen LogP contribution is 2.37. The molecule has 0 bridgehead atoms. The van der Waals surface area contributed by atoms with Crippen molar-refractivity contribution in [2.24, 2.45) is 5.92 Å². The second-order valence-corrected chi connectivity index (χ2v) is 7.85. The van der Waals surface area contributed by atoms with Crippen molar-refractivity contribution in [1.29, 1.82) is 0 Å². The number of likely N-dealkylation sites (N-methyl/N-ethyl adjacent to an activating group) is 1. The van der Waals surface area contributed by atoms with Crippen LogP contribution in [-0.4, -0.2) is 64.6 Å². The van der Waals surface area contributed by atoms with Crippen LogP contribution in [0, 0.1) is 5.92 Å². The molecule has 25 heavy (non-hydrogen) atoms. The van der Waals surface area contributed by atoms with E-state index in [2.05, 4.69) is 0 Å². The zero-order valence-corrected chi connectivity index (χ0v) is 15.0. The molecule has 1 saturated heterocycles. The first-order valence-electron chi connectivity index (χ1n) is 8.46. The van der Waals surface area contributed by atoms with E-state index in [1.165, 1.54) is 10.5 Å². The Balaban J connectivity index is 1.51. The van der Waals surface area contributed by atoms with E-state index in [0.717, 1.165) is 4.90 Å². The van der Waals surface area contributed by atoms with Gasteiger partial charge in [-0.2, -0.15) is 0 Å². The number of piperidine rings is 1. The summed E-state index contributed by atoms with van der Waals surface area (Å²) in [5, 5.41) is 8.85. The first-order chi connectivity index (χ1) is 12.0. The average Bonchev–Trinajstić information content (AvgIpc) is 3.05. The summed E-state index contributed by atoms with van der Waals surface area (Å²) < 4.78 is 0. The predicted molar refractivity (Wildman–Crippen MR) is 94.4 cm³/mol. The lowest BCUT2D eigenvalue weighted by Crippen LogP contribution is -2.46. The largest absolute Gasteiger partial charge is 0.481 e. The first kappa shape index (κ1) is 17.8. The maximum Gasteiger partial charge on any atom is 0.306 e. The van der Waals surface area contributed by atoms with Crippen LogP contribution in [0.2, 0.25) is 0 Å². The summed E-state index contributed by atoms with van der Waals surface area (Å²) in [4.78, 5) is 40.3. The Kier molecular flexibility index (Phi) is 5.32. The Labute approximate surface area is 151 Å². The van der Waals surface area contributed by atoms with E-state index in [1.54, 1.807) is 23.7 Å². The molecule has 2 heterocycles. The highest BCUT2D eigenvalue weighted by molar-refractivity contribution is 8.01. The summed E-state index contributed by atoms with van der Waals surface area (Å²) in [6.45, 7) is 0.937. The number of nitrogens with zero attached hydrogens (tertiary/aromatic N) is 2. The van der Waals surface area contributed by atoms with Gasteiger partial charge in [-0.1, -0.05) is 18.2 Å². The number of hydrogen-bond donors (Lipinski definition) is 1. The lowest BCUT2D eigenvalue weighted by atomic mass is 9.97. The smallest absolute Gasteiger partial charge is 0.306 e. The van der Waals surface area contributed by atoms with Gasteiger partial charge in [0, 0.05) is 25.0 Å². The van der Waals surface area contributed by atoms with Gasteiger partial charge in [-0.15, -0.1) is 11.8 Å². The molecule has 2 aliphatic heterocycles. The monoisotopic (exact) mass is 362 g/mol. The normalized spacial score (nSPS) is 20.2. The highest BCUT2D eigenvalue weighted by Gasteiger charge is 2.32. The summed E-state index contributed by atoms with van der Waals surface area (Å²) in [5.41, 5.74) is 1.18. The molecule has 1 fully saturated rings. The minimum Gasteiger partial charge on any atom is -0.481 e. The van der Waals surface area contributed by atoms with Crippen molar-refractivity contribution in [3.8, 4) is 0 Å². The fourth-order valence-electron chi connectivity index (χ4n) is 3.32. The Bertz CT molecular complexity index is 660. The second kappa shape index (κ2) is 7.47. The van der Waals surface area contributed by atoms with Crippen molar-refractivity contribution in [3.05, 3.63) is 29.8 Å². The number of carbonyl (C=O) groups is 3. The number of fused-ring (bicyclic) bond motifs is 1. The second-order valence-electron chi connectivity index (χ2n) is 6.61. The lowest BCUT2D eigenvalue weighted by Gasteiger charge is -2.31. The van der Waals surface area contributed by atoms with Gasteiger partial charge in [-0.3, -0.25) is 14.4 Å². The van der Waals surface area contributed by atoms with Gasteiger partial charge in [0.25, 0.3) is 0 Å². The third-order valence-corrected chi connectivity index (χ3v) is 6.17. The summed E-state index contributed by atoms with van der Waals surface area (Å²) in [6, 6.07) is 7.99. The standard InChI is InChI=1S/C18H22N2O4S/c1-19(11-16(21)20-8-6-12(7-9-20)18(23)24)17(22)15-10-13-4-2-3-5-14(13)25-15/h2-5,12,15H,6-11H2,1H3,(H,23,24). The Hall–Kier alpha value is -2.02. The van der Waals surface area contributed by atoms with Gasteiger partial charge >= 0.3 is 5.97 Å². The molecular weight excluding hydrogens is 340 g/mol. The maximum absolute atomic E-state index is 12.6. The van der Waals surface area contributed by atoms with E-state index in [-0.39, 0.29) is 29.5 Å². The number of benzene rings is 1. The molecule has 134 valence electrons. The van der Waals surface area contributed by atoms with Crippen molar-refractivity contribution >= 4 is 29.5 Å². The van der Waals surface area contributed by atoms with E-state index in [0.29, 0.717) is 32.4 Å². The number of thioether (sulfide) groups is 1. The fourth-order valence-corrected chi connectivity index (χ4v) is 4.63. The predicted octanol–water partition coefficient (Wildman–Crippen LogP) is 1.49. The van der Waals surface area contributed by atoms with E-state index in [4.69, 9.17) is 5.11 Å². The topological polar surface area (TPSA) is 77.9 Å². The number of carbonyl (C=O) groups excluding carboxylic acids is 2. The van der Waals surface area contributed by atoms with Crippen molar-refractivity contribution in [3.63, 3.8) is 0 Å². The van der Waals surface area contributed by atoms with Crippen molar-refractivity contribution < 1.29 is 19.5 Å². The molecule has 1 N–H and O–H groups in total. The quantitative estimate of drug-likeness (QED) is 0.878. The minimum atomic E-state index is -0.794. The average molecular weight is 362 g/mol. The van der Waals surface area contributed by atoms with Gasteiger partial charge in [0.1, 0.15) is 0 Å². The number of aliphatic carboxylic acids is 1. The van der Waals surface area contributed by atoms with Crippen LogP contribution in [0.1, 0.15) is 18.4 Å². The minimum absolute atomic E-state index is 0.0324. The van der Waals surface area contributed by atoms with E-state index in [9.17, 15) is 14.4 Å². The zero-order chi connectivity index (χ0) is 18.0. The van der Waals surface area contributed by atoms with Crippen LogP contribution in [0.5, 0.6) is 0 Å². The van der Waals surface area contributed by atoms with Gasteiger partial charge in [0.05, 0.1) is 17.7 Å². The number of likely N-dealkylation sites (tertiary alicyclic amines) is 1. The van der Waals surface area contributed by atoms with Crippen LogP contribution in [-0.2, 0) is 20.8 Å². The SMILES string of the molecule is CN(CC(=O)N1CCC(C(=O)O)CC1)C(=O)C1Cc2ccccc2S1.